The highest BCUT2D eigenvalue weighted by Crippen LogP contribution is 2.18. The quantitative estimate of drug-likeness (QED) is 0.820. The average molecular weight is 319 g/mol. The van der Waals surface area contributed by atoms with Gasteiger partial charge in [-0.15, -0.1) is 11.6 Å². The second kappa shape index (κ2) is 7.02. The molecule has 0 aliphatic rings. The highest BCUT2D eigenvalue weighted by atomic mass is 79.9. The lowest BCUT2D eigenvalue weighted by Gasteiger charge is -2.09. The van der Waals surface area contributed by atoms with E-state index in [2.05, 4.69) is 21.2 Å². The molecule has 1 rings (SSSR count). The van der Waals surface area contributed by atoms with Crippen LogP contribution in [0, 0.1) is 6.92 Å². The van der Waals surface area contributed by atoms with Gasteiger partial charge in [-0.3, -0.25) is 4.79 Å². The van der Waals surface area contributed by atoms with Crippen molar-refractivity contribution in [2.24, 2.45) is 0 Å². The van der Waals surface area contributed by atoms with Gasteiger partial charge in [-0.25, -0.2) is 0 Å². The van der Waals surface area contributed by atoms with Gasteiger partial charge in [-0.2, -0.15) is 0 Å². The van der Waals surface area contributed by atoms with Gasteiger partial charge < -0.3 is 5.32 Å². The first-order valence-corrected chi connectivity index (χ1v) is 6.96. The van der Waals surface area contributed by atoms with Crippen LogP contribution in [0.15, 0.2) is 22.7 Å². The predicted octanol–water partition coefficient (Wildman–Crippen LogP) is 3.89. The summed E-state index contributed by atoms with van der Waals surface area (Å²) in [5.41, 5.74) is 1.75. The molecule has 2 nitrogen and oxygen atoms in total. The minimum Gasteiger partial charge on any atom is -0.352 e. The predicted molar refractivity (Wildman–Crippen MR) is 75.8 cm³/mol. The highest BCUT2D eigenvalue weighted by molar-refractivity contribution is 9.10. The third kappa shape index (κ3) is 4.68. The van der Waals surface area contributed by atoms with E-state index in [-0.39, 0.29) is 11.3 Å². The van der Waals surface area contributed by atoms with Crippen LogP contribution < -0.4 is 5.32 Å². The number of benzene rings is 1. The minimum atomic E-state index is -0.0551. The molecule has 0 saturated heterocycles. The fourth-order valence-electron chi connectivity index (χ4n) is 1.45. The number of aryl methyl sites for hydroxylation is 1. The van der Waals surface area contributed by atoms with Crippen LogP contribution in [0.3, 0.4) is 0 Å². The van der Waals surface area contributed by atoms with E-state index in [1.165, 1.54) is 0 Å². The van der Waals surface area contributed by atoms with Crippen molar-refractivity contribution in [3.8, 4) is 0 Å². The van der Waals surface area contributed by atoms with Crippen LogP contribution in [-0.2, 0) is 0 Å². The first-order chi connectivity index (χ1) is 8.04. The van der Waals surface area contributed by atoms with Crippen LogP contribution in [0.4, 0.5) is 0 Å². The van der Waals surface area contributed by atoms with Crippen molar-refractivity contribution in [2.45, 2.75) is 32.1 Å². The summed E-state index contributed by atoms with van der Waals surface area (Å²) < 4.78 is 0.818. The number of nitrogens with one attached hydrogen (secondary N) is 1. The Balaban J connectivity index is 2.55. The number of halogens is 2. The molecular formula is C13H17BrClNO. The number of hydrogen-bond donors (Lipinski definition) is 1. The molecule has 0 aliphatic carbocycles. The number of rotatable bonds is 5. The molecule has 1 amide bonds. The van der Waals surface area contributed by atoms with Gasteiger partial charge in [0.1, 0.15) is 0 Å². The Bertz CT molecular complexity index is 395. The number of alkyl halides is 1. The zero-order chi connectivity index (χ0) is 12.8. The summed E-state index contributed by atoms with van der Waals surface area (Å²) in [6.07, 6.45) is 1.72. The van der Waals surface area contributed by atoms with E-state index in [1.807, 2.05) is 32.0 Å². The van der Waals surface area contributed by atoms with Gasteiger partial charge in [0.05, 0.1) is 5.56 Å². The van der Waals surface area contributed by atoms with Gasteiger partial charge in [0, 0.05) is 16.4 Å². The zero-order valence-electron chi connectivity index (χ0n) is 10.1. The molecule has 0 radical (unpaired) electrons. The summed E-state index contributed by atoms with van der Waals surface area (Å²) in [6.45, 7) is 4.62. The van der Waals surface area contributed by atoms with Crippen molar-refractivity contribution in [1.82, 2.24) is 5.32 Å². The number of carbonyl (C=O) groups excluding carboxylic acids is 1. The van der Waals surface area contributed by atoms with Crippen molar-refractivity contribution in [3.63, 3.8) is 0 Å². The molecule has 1 aromatic rings. The summed E-state index contributed by atoms with van der Waals surface area (Å²) in [5, 5.41) is 3.01. The fourth-order valence-corrected chi connectivity index (χ4v) is 1.99. The molecule has 0 fully saturated rings. The maximum Gasteiger partial charge on any atom is 0.252 e. The Kier molecular flexibility index (Phi) is 6.00. The third-order valence-corrected chi connectivity index (χ3v) is 3.77. The van der Waals surface area contributed by atoms with Crippen molar-refractivity contribution < 1.29 is 4.79 Å². The third-order valence-electron chi connectivity index (χ3n) is 2.55. The molecule has 17 heavy (non-hydrogen) atoms. The van der Waals surface area contributed by atoms with Crippen molar-refractivity contribution >= 4 is 33.4 Å². The summed E-state index contributed by atoms with van der Waals surface area (Å²) >= 11 is 9.37. The van der Waals surface area contributed by atoms with E-state index >= 15 is 0 Å². The second-order valence-electron chi connectivity index (χ2n) is 4.03. The Morgan fingerprint density at radius 3 is 2.88 bits per heavy atom. The van der Waals surface area contributed by atoms with Crippen LogP contribution in [0.1, 0.15) is 35.7 Å². The lowest BCUT2D eigenvalue weighted by Crippen LogP contribution is -2.26. The highest BCUT2D eigenvalue weighted by Gasteiger charge is 2.10. The summed E-state index contributed by atoms with van der Waals surface area (Å²) in [5.74, 6) is -0.0551. The van der Waals surface area contributed by atoms with Gasteiger partial charge in [0.2, 0.25) is 0 Å². The molecule has 0 aromatic heterocycles. The van der Waals surface area contributed by atoms with Crippen molar-refractivity contribution in [3.05, 3.63) is 33.8 Å². The molecule has 0 heterocycles. The van der Waals surface area contributed by atoms with E-state index in [4.69, 9.17) is 11.6 Å². The van der Waals surface area contributed by atoms with E-state index in [0.717, 1.165) is 22.9 Å². The normalized spacial score (nSPS) is 12.2. The summed E-state index contributed by atoms with van der Waals surface area (Å²) in [6, 6.07) is 5.73. The van der Waals surface area contributed by atoms with Crippen LogP contribution in [0.2, 0.25) is 0 Å². The lowest BCUT2D eigenvalue weighted by molar-refractivity contribution is 0.0952. The number of hydrogen-bond acceptors (Lipinski definition) is 1. The van der Waals surface area contributed by atoms with Gasteiger partial charge >= 0.3 is 0 Å². The Labute approximate surface area is 116 Å². The van der Waals surface area contributed by atoms with Crippen LogP contribution >= 0.6 is 27.5 Å². The molecule has 0 bridgehead atoms. The van der Waals surface area contributed by atoms with Gasteiger partial charge in [-0.05, 0) is 47.8 Å². The molecule has 0 spiro atoms. The first kappa shape index (κ1) is 14.5. The van der Waals surface area contributed by atoms with Gasteiger partial charge in [0.15, 0.2) is 0 Å². The monoisotopic (exact) mass is 317 g/mol. The van der Waals surface area contributed by atoms with Crippen molar-refractivity contribution in [2.75, 3.05) is 6.54 Å². The van der Waals surface area contributed by atoms with E-state index in [9.17, 15) is 4.79 Å². The standard InChI is InChI=1S/C13H17BrClNO/c1-3-10(15)6-7-16-13(17)11-8-9(2)4-5-12(11)14/h4-5,8,10H,3,6-7H2,1-2H3,(H,16,17). The summed E-state index contributed by atoms with van der Waals surface area (Å²) in [4.78, 5) is 11.9. The molecule has 0 saturated carbocycles. The summed E-state index contributed by atoms with van der Waals surface area (Å²) in [7, 11) is 0. The van der Waals surface area contributed by atoms with E-state index < -0.39 is 0 Å². The molecule has 1 N–H and O–H groups in total. The second-order valence-corrected chi connectivity index (χ2v) is 5.50. The van der Waals surface area contributed by atoms with E-state index in [0.29, 0.717) is 12.1 Å². The Morgan fingerprint density at radius 1 is 1.53 bits per heavy atom. The van der Waals surface area contributed by atoms with Crippen LogP contribution in [0.5, 0.6) is 0 Å². The van der Waals surface area contributed by atoms with Crippen LogP contribution in [0.25, 0.3) is 0 Å². The maximum absolute atomic E-state index is 11.9. The molecule has 1 atom stereocenters. The number of carbonyl (C=O) groups is 1. The lowest BCUT2D eigenvalue weighted by atomic mass is 10.1. The van der Waals surface area contributed by atoms with E-state index in [1.54, 1.807) is 0 Å². The van der Waals surface area contributed by atoms with Gasteiger partial charge in [0.25, 0.3) is 5.91 Å². The Hall–Kier alpha value is -0.540. The van der Waals surface area contributed by atoms with Crippen molar-refractivity contribution in [1.29, 1.82) is 0 Å². The van der Waals surface area contributed by atoms with Gasteiger partial charge in [-0.1, -0.05) is 18.6 Å². The fraction of sp³-hybridized carbons (Fsp3) is 0.462. The Morgan fingerprint density at radius 2 is 2.24 bits per heavy atom. The topological polar surface area (TPSA) is 29.1 Å². The van der Waals surface area contributed by atoms with Crippen LogP contribution in [-0.4, -0.2) is 17.8 Å². The molecule has 1 aromatic carbocycles. The molecule has 94 valence electrons. The average Bonchev–Trinajstić information content (AvgIpc) is 2.31. The molecule has 0 aliphatic heterocycles. The smallest absolute Gasteiger partial charge is 0.252 e. The maximum atomic E-state index is 11.9. The largest absolute Gasteiger partial charge is 0.352 e. The molecular weight excluding hydrogens is 302 g/mol. The first-order valence-electron chi connectivity index (χ1n) is 5.73. The SMILES string of the molecule is CCC(Cl)CCNC(=O)c1cc(C)ccc1Br. The number of amides is 1. The molecule has 1 unspecified atom stereocenters. The molecule has 4 heteroatoms. The zero-order valence-corrected chi connectivity index (χ0v) is 12.4. The minimum absolute atomic E-state index is 0.0551.